The van der Waals surface area contributed by atoms with E-state index in [0.717, 1.165) is 46.5 Å². The molecule has 2 N–H and O–H groups in total. The summed E-state index contributed by atoms with van der Waals surface area (Å²) in [5.74, 6) is 1.67. The van der Waals surface area contributed by atoms with Crippen molar-refractivity contribution in [2.75, 3.05) is 25.0 Å². The van der Waals surface area contributed by atoms with Crippen molar-refractivity contribution in [1.29, 1.82) is 0 Å². The number of nitrogens with one attached hydrogen (secondary N) is 2. The number of aromatic nitrogens is 1. The lowest BCUT2D eigenvalue weighted by atomic mass is 10.0. The van der Waals surface area contributed by atoms with Crippen molar-refractivity contribution in [3.05, 3.63) is 87.7 Å². The second-order valence-corrected chi connectivity index (χ2v) is 10.9. The summed E-state index contributed by atoms with van der Waals surface area (Å²) in [7, 11) is 0. The lowest BCUT2D eigenvalue weighted by molar-refractivity contribution is -0.110. The average Bonchev–Trinajstić information content (AvgIpc) is 3.19. The van der Waals surface area contributed by atoms with Gasteiger partial charge in [-0.3, -0.25) is 9.69 Å². The molecule has 1 aliphatic carbocycles. The molecule has 2 aromatic carbocycles. The molecule has 192 valence electrons. The maximum atomic E-state index is 12.8. The van der Waals surface area contributed by atoms with Gasteiger partial charge in [-0.2, -0.15) is 10.1 Å². The first-order valence-electron chi connectivity index (χ1n) is 12.8. The molecule has 2 amide bonds. The largest absolute Gasteiger partial charge is 0.442 e. The number of cyclic esters (lactones) is 1. The number of ether oxygens (including phenoxy) is 1. The van der Waals surface area contributed by atoms with Crippen LogP contribution < -0.4 is 5.32 Å². The number of aromatic amines is 1. The summed E-state index contributed by atoms with van der Waals surface area (Å²) in [6.07, 6.45) is 4.80. The van der Waals surface area contributed by atoms with Crippen LogP contribution in [0.25, 0.3) is 11.6 Å². The van der Waals surface area contributed by atoms with Crippen molar-refractivity contribution in [3.63, 3.8) is 0 Å². The van der Waals surface area contributed by atoms with Gasteiger partial charge in [-0.1, -0.05) is 29.8 Å². The molecule has 38 heavy (non-hydrogen) atoms. The molecule has 4 heterocycles. The van der Waals surface area contributed by atoms with Crippen LogP contribution in [0.4, 0.5) is 10.5 Å². The summed E-state index contributed by atoms with van der Waals surface area (Å²) < 4.78 is 5.37. The van der Waals surface area contributed by atoms with E-state index < -0.39 is 6.09 Å². The van der Waals surface area contributed by atoms with Crippen LogP contribution in [0.3, 0.4) is 0 Å². The van der Waals surface area contributed by atoms with Gasteiger partial charge in [-0.05, 0) is 65.8 Å². The maximum Gasteiger partial charge on any atom is 0.431 e. The zero-order valence-corrected chi connectivity index (χ0v) is 21.4. The van der Waals surface area contributed by atoms with Crippen LogP contribution in [0, 0.1) is 11.8 Å². The number of benzene rings is 2. The zero-order chi connectivity index (χ0) is 25.8. The maximum absolute atomic E-state index is 12.8. The Morgan fingerprint density at radius 3 is 2.66 bits per heavy atom. The number of piperidine rings is 1. The van der Waals surface area contributed by atoms with Crippen LogP contribution in [0.5, 0.6) is 0 Å². The zero-order valence-electron chi connectivity index (χ0n) is 20.6. The van der Waals surface area contributed by atoms with E-state index in [1.807, 2.05) is 42.6 Å². The number of nitrogens with zero attached hydrogens (tertiary/aromatic N) is 3. The minimum absolute atomic E-state index is 0.101. The number of carbonyl (C=O) groups excluding carboxylic acids is 2. The fourth-order valence-electron chi connectivity index (χ4n) is 5.62. The molecule has 0 radical (unpaired) electrons. The minimum Gasteiger partial charge on any atom is -0.442 e. The average molecular weight is 528 g/mol. The Kier molecular flexibility index (Phi) is 5.60. The first-order chi connectivity index (χ1) is 18.5. The lowest BCUT2D eigenvalue weighted by Crippen LogP contribution is -2.35. The van der Waals surface area contributed by atoms with E-state index in [1.165, 1.54) is 30.1 Å². The molecule has 0 bridgehead atoms. The van der Waals surface area contributed by atoms with Gasteiger partial charge >= 0.3 is 6.09 Å². The second kappa shape index (κ2) is 9.15. The molecule has 0 spiro atoms. The van der Waals surface area contributed by atoms with E-state index in [9.17, 15) is 9.59 Å². The predicted molar refractivity (Wildman–Crippen MR) is 145 cm³/mol. The molecule has 4 aliphatic rings. The number of carbonyl (C=O) groups is 2. The van der Waals surface area contributed by atoms with E-state index in [4.69, 9.17) is 16.3 Å². The van der Waals surface area contributed by atoms with Crippen LogP contribution in [-0.2, 0) is 22.6 Å². The highest BCUT2D eigenvalue weighted by molar-refractivity contribution is 6.34. The molecule has 2 atom stereocenters. The molecule has 3 aromatic rings. The Bertz CT molecular complexity index is 1500. The number of hydrazone groups is 1. The Morgan fingerprint density at radius 2 is 1.84 bits per heavy atom. The quantitative estimate of drug-likeness (QED) is 0.443. The van der Waals surface area contributed by atoms with Gasteiger partial charge in [-0.15, -0.1) is 0 Å². The van der Waals surface area contributed by atoms with Crippen molar-refractivity contribution in [2.24, 2.45) is 16.9 Å². The van der Waals surface area contributed by atoms with Gasteiger partial charge in [0.15, 0.2) is 0 Å². The van der Waals surface area contributed by atoms with E-state index in [-0.39, 0.29) is 19.1 Å². The van der Waals surface area contributed by atoms with Crippen molar-refractivity contribution >= 4 is 46.6 Å². The SMILES string of the molecule is O=C1Nc2ccc(CN3N=C(c4ccc(Cl)cc4)COC3=O)cc2C1=Cc1cc(CN2CC3C[C@@H]3C2)c[nH]1. The Balaban J connectivity index is 1.10. The highest BCUT2D eigenvalue weighted by atomic mass is 35.5. The number of anilines is 1. The van der Waals surface area contributed by atoms with Gasteiger partial charge in [0.05, 0.1) is 12.1 Å². The van der Waals surface area contributed by atoms with Crippen molar-refractivity contribution in [1.82, 2.24) is 14.9 Å². The topological polar surface area (TPSA) is 90.0 Å². The lowest BCUT2D eigenvalue weighted by Gasteiger charge is -2.23. The molecule has 3 aliphatic heterocycles. The molecule has 1 saturated heterocycles. The van der Waals surface area contributed by atoms with Gasteiger partial charge in [0, 0.05) is 53.4 Å². The molecular formula is C29H26ClN5O3. The fourth-order valence-corrected chi connectivity index (χ4v) is 5.75. The van der Waals surface area contributed by atoms with E-state index in [2.05, 4.69) is 26.4 Å². The van der Waals surface area contributed by atoms with E-state index >= 15 is 0 Å². The predicted octanol–water partition coefficient (Wildman–Crippen LogP) is 4.97. The number of hydrogen-bond acceptors (Lipinski definition) is 5. The minimum atomic E-state index is -0.512. The number of rotatable bonds is 6. The first-order valence-corrected chi connectivity index (χ1v) is 13.2. The van der Waals surface area contributed by atoms with Crippen LogP contribution in [0.1, 0.15) is 34.4 Å². The Labute approximate surface area is 224 Å². The molecule has 1 unspecified atom stereocenters. The smallest absolute Gasteiger partial charge is 0.431 e. The van der Waals surface area contributed by atoms with Gasteiger partial charge in [0.1, 0.15) is 12.3 Å². The molecule has 1 aromatic heterocycles. The third kappa shape index (κ3) is 4.50. The number of fused-ring (bicyclic) bond motifs is 2. The summed E-state index contributed by atoms with van der Waals surface area (Å²) in [4.78, 5) is 31.1. The number of likely N-dealkylation sites (tertiary alicyclic amines) is 1. The monoisotopic (exact) mass is 527 g/mol. The summed E-state index contributed by atoms with van der Waals surface area (Å²) in [6, 6.07) is 15.0. The summed E-state index contributed by atoms with van der Waals surface area (Å²) in [6.45, 7) is 3.64. The number of amides is 2. The number of H-pyrrole nitrogens is 1. The highest BCUT2D eigenvalue weighted by Crippen LogP contribution is 2.45. The molecule has 7 rings (SSSR count). The standard InChI is InChI=1S/C29H26ClN5O3/c30-22-4-2-19(3-5-22)27-16-38-29(37)35(33-27)13-17-1-6-26-24(8-17)25(28(36)32-26)10-23-7-18(11-31-23)12-34-14-20-9-21(20)15-34/h1-8,10-11,20-21,31H,9,12-16H2,(H,32,36)/t20-,21?/m1/s1. The van der Waals surface area contributed by atoms with Crippen LogP contribution in [0.2, 0.25) is 5.02 Å². The van der Waals surface area contributed by atoms with Gasteiger partial charge in [0.25, 0.3) is 5.91 Å². The molecule has 1 saturated carbocycles. The third-order valence-electron chi connectivity index (χ3n) is 7.69. The highest BCUT2D eigenvalue weighted by Gasteiger charge is 2.44. The van der Waals surface area contributed by atoms with E-state index in [1.54, 1.807) is 12.1 Å². The van der Waals surface area contributed by atoms with Crippen molar-refractivity contribution in [3.8, 4) is 0 Å². The van der Waals surface area contributed by atoms with Crippen LogP contribution in [0.15, 0.2) is 59.8 Å². The van der Waals surface area contributed by atoms with Crippen LogP contribution in [-0.4, -0.2) is 52.3 Å². The molecule has 2 fully saturated rings. The summed E-state index contributed by atoms with van der Waals surface area (Å²) in [5, 5.41) is 9.41. The molecular weight excluding hydrogens is 502 g/mol. The fraction of sp³-hybridized carbons (Fsp3) is 0.276. The van der Waals surface area contributed by atoms with Gasteiger partial charge in [-0.25, -0.2) is 4.79 Å². The van der Waals surface area contributed by atoms with Gasteiger partial charge < -0.3 is 15.0 Å². The second-order valence-electron chi connectivity index (χ2n) is 10.5. The van der Waals surface area contributed by atoms with Crippen LogP contribution >= 0.6 is 11.6 Å². The summed E-state index contributed by atoms with van der Waals surface area (Å²) in [5.41, 5.74) is 6.58. The van der Waals surface area contributed by atoms with Crippen molar-refractivity contribution in [2.45, 2.75) is 19.5 Å². The molecule has 9 heteroatoms. The third-order valence-corrected chi connectivity index (χ3v) is 7.94. The number of halogens is 1. The summed E-state index contributed by atoms with van der Waals surface area (Å²) >= 11 is 6.00. The normalized spacial score (nSPS) is 23.2. The Morgan fingerprint density at radius 1 is 1.03 bits per heavy atom. The van der Waals surface area contributed by atoms with Crippen molar-refractivity contribution < 1.29 is 14.3 Å². The molecule has 8 nitrogen and oxygen atoms in total. The Hall–Kier alpha value is -3.88. The van der Waals surface area contributed by atoms with Gasteiger partial charge in [0.2, 0.25) is 0 Å². The number of hydrogen-bond donors (Lipinski definition) is 2. The first kappa shape index (κ1) is 23.3. The van der Waals surface area contributed by atoms with E-state index in [0.29, 0.717) is 16.3 Å².